The van der Waals surface area contributed by atoms with E-state index in [1.807, 2.05) is 18.2 Å². The van der Waals surface area contributed by atoms with Crippen molar-refractivity contribution in [1.82, 2.24) is 4.98 Å². The molecule has 1 heterocycles. The van der Waals surface area contributed by atoms with Gasteiger partial charge in [0.25, 0.3) is 0 Å². The van der Waals surface area contributed by atoms with Gasteiger partial charge in [-0.1, -0.05) is 66.5 Å². The Morgan fingerprint density at radius 3 is 2.19 bits per heavy atom. The molecule has 0 N–H and O–H groups in total. The molecule has 0 saturated heterocycles. The van der Waals surface area contributed by atoms with Crippen LogP contribution >= 0.6 is 11.3 Å². The molecule has 1 aromatic heterocycles. The second kappa shape index (κ2) is 5.15. The first-order valence-electron chi connectivity index (χ1n) is 10.7. The van der Waals surface area contributed by atoms with Crippen LogP contribution in [0.2, 0.25) is 0 Å². The Morgan fingerprint density at radius 2 is 1.43 bits per heavy atom. The number of benzene rings is 3. The van der Waals surface area contributed by atoms with Crippen LogP contribution in [0.25, 0.3) is 31.9 Å². The predicted molar refractivity (Wildman–Crippen MR) is 90.5 cm³/mol. The van der Waals surface area contributed by atoms with Gasteiger partial charge in [-0.25, -0.2) is 4.98 Å². The molecule has 0 unspecified atom stereocenters. The zero-order valence-corrected chi connectivity index (χ0v) is 11.5. The summed E-state index contributed by atoms with van der Waals surface area (Å²) >= 11 is 1.23. The first-order valence-corrected chi connectivity index (χ1v) is 7.00. The van der Waals surface area contributed by atoms with Crippen LogP contribution in [0, 0.1) is 0 Å². The fraction of sp³-hybridized carbons (Fsp3) is 0. The summed E-state index contributed by atoms with van der Waals surface area (Å²) in [4.78, 5) is 4.42. The van der Waals surface area contributed by atoms with Gasteiger partial charge in [0, 0.05) is 5.56 Å². The minimum absolute atomic E-state index is 0.0160. The maximum absolute atomic E-state index is 8.45. The van der Waals surface area contributed by atoms with Gasteiger partial charge in [0.2, 0.25) is 0 Å². The Morgan fingerprint density at radius 1 is 0.762 bits per heavy atom. The third kappa shape index (κ3) is 2.34. The second-order valence-corrected chi connectivity index (χ2v) is 5.27. The lowest BCUT2D eigenvalue weighted by atomic mass is 10.0. The maximum Gasteiger partial charge on any atom is 0.124 e. The number of para-hydroxylation sites is 1. The van der Waals surface area contributed by atoms with E-state index in [1.54, 1.807) is 6.07 Å². The lowest BCUT2D eigenvalue weighted by Gasteiger charge is -2.02. The highest BCUT2D eigenvalue weighted by molar-refractivity contribution is 7.21. The fourth-order valence-electron chi connectivity index (χ4n) is 1.90. The van der Waals surface area contributed by atoms with Gasteiger partial charge < -0.3 is 0 Å². The van der Waals surface area contributed by atoms with E-state index in [1.165, 1.54) is 11.3 Å². The summed E-state index contributed by atoms with van der Waals surface area (Å²) in [6, 6.07) is 2.61. The van der Waals surface area contributed by atoms with Crippen molar-refractivity contribution in [1.29, 1.82) is 0 Å². The van der Waals surface area contributed by atoms with E-state index in [9.17, 15) is 0 Å². The Labute approximate surface area is 140 Å². The summed E-state index contributed by atoms with van der Waals surface area (Å²) in [5, 5.41) is 0.320. The highest BCUT2D eigenvalue weighted by Crippen LogP contribution is 2.31. The summed E-state index contributed by atoms with van der Waals surface area (Å²) in [5.74, 6) is 0. The third-order valence-electron chi connectivity index (χ3n) is 2.88. The third-order valence-corrected chi connectivity index (χ3v) is 3.94. The summed E-state index contributed by atoms with van der Waals surface area (Å²) in [7, 11) is 0. The summed E-state index contributed by atoms with van der Waals surface area (Å²) in [6.07, 6.45) is 0. The molecule has 0 amide bonds. The van der Waals surface area contributed by atoms with Crippen molar-refractivity contribution in [3.05, 3.63) is 78.6 Å². The van der Waals surface area contributed by atoms with Crippen LogP contribution in [0.4, 0.5) is 0 Å². The van der Waals surface area contributed by atoms with Gasteiger partial charge in [-0.05, 0) is 23.3 Å². The van der Waals surface area contributed by atoms with Gasteiger partial charge >= 0.3 is 0 Å². The first kappa shape index (κ1) is 6.12. The Balaban J connectivity index is 2.05. The molecule has 0 atom stereocenters. The molecule has 0 aliphatic heterocycles. The summed E-state index contributed by atoms with van der Waals surface area (Å²) in [6.45, 7) is 0. The fourth-order valence-corrected chi connectivity index (χ4v) is 2.82. The summed E-state index contributed by atoms with van der Waals surface area (Å²) in [5.41, 5.74) is 0.00656. The van der Waals surface area contributed by atoms with Crippen molar-refractivity contribution in [3.8, 4) is 21.7 Å². The quantitative estimate of drug-likeness (QED) is 0.467. The molecule has 4 rings (SSSR count). The number of fused-ring (bicyclic) bond motifs is 1. The number of hydrogen-bond donors (Lipinski definition) is 0. The normalized spacial score (nSPS) is 16.9. The van der Waals surface area contributed by atoms with E-state index in [0.717, 1.165) is 4.70 Å². The van der Waals surface area contributed by atoms with Crippen LogP contribution in [0.15, 0.2) is 78.6 Å². The van der Waals surface area contributed by atoms with Crippen molar-refractivity contribution in [2.75, 3.05) is 0 Å². The minimum Gasteiger partial charge on any atom is -0.236 e. The number of thiazole rings is 1. The molecule has 3 aromatic carbocycles. The van der Waals surface area contributed by atoms with Crippen molar-refractivity contribution in [3.63, 3.8) is 0 Å². The molecule has 0 bridgehead atoms. The Bertz CT molecular complexity index is 1260. The van der Waals surface area contributed by atoms with Gasteiger partial charge in [-0.15, -0.1) is 11.3 Å². The highest BCUT2D eigenvalue weighted by Gasteiger charge is 2.06. The number of nitrogens with zero attached hydrogens (tertiary/aromatic N) is 1. The van der Waals surface area contributed by atoms with Crippen LogP contribution in [0.5, 0.6) is 0 Å². The molecule has 100 valence electrons. The average molecular weight is 296 g/mol. The second-order valence-electron chi connectivity index (χ2n) is 4.24. The molecule has 0 aliphatic rings. The lowest BCUT2D eigenvalue weighted by Crippen LogP contribution is -1.79. The molecule has 0 aliphatic carbocycles. The zero-order chi connectivity index (χ0) is 21.9. The SMILES string of the molecule is [2H]c1c([2H])c([2H])c(-c2c([2H])c([2H])c(-c3nc4ccccc4s3)c([2H])c2[2H])c([2H])c1[2H]. The van der Waals surface area contributed by atoms with Gasteiger partial charge in [0.05, 0.1) is 22.6 Å². The van der Waals surface area contributed by atoms with E-state index in [4.69, 9.17) is 12.3 Å². The Hall–Kier alpha value is -2.45. The van der Waals surface area contributed by atoms with Gasteiger partial charge in [0.1, 0.15) is 5.01 Å². The van der Waals surface area contributed by atoms with Crippen LogP contribution in [0.1, 0.15) is 12.3 Å². The van der Waals surface area contributed by atoms with Crippen LogP contribution in [-0.4, -0.2) is 4.98 Å². The van der Waals surface area contributed by atoms with Gasteiger partial charge in [-0.3, -0.25) is 0 Å². The molecule has 0 fully saturated rings. The molecule has 21 heavy (non-hydrogen) atoms. The predicted octanol–water partition coefficient (Wildman–Crippen LogP) is 5.63. The topological polar surface area (TPSA) is 12.9 Å². The molecular weight excluding hydrogens is 274 g/mol. The van der Waals surface area contributed by atoms with E-state index in [2.05, 4.69) is 4.98 Å². The molecule has 0 spiro atoms. The highest BCUT2D eigenvalue weighted by atomic mass is 32.1. The van der Waals surface area contributed by atoms with Crippen LogP contribution in [-0.2, 0) is 0 Å². The van der Waals surface area contributed by atoms with E-state index in [0.29, 0.717) is 10.5 Å². The number of aromatic nitrogens is 1. The molecule has 0 radical (unpaired) electrons. The maximum atomic E-state index is 8.45. The molecule has 2 heteroatoms. The van der Waals surface area contributed by atoms with Crippen LogP contribution in [0.3, 0.4) is 0 Å². The van der Waals surface area contributed by atoms with E-state index < -0.39 is 42.3 Å². The van der Waals surface area contributed by atoms with Crippen molar-refractivity contribution >= 4 is 21.6 Å². The largest absolute Gasteiger partial charge is 0.236 e. The minimum atomic E-state index is -0.599. The van der Waals surface area contributed by atoms with Crippen molar-refractivity contribution in [2.24, 2.45) is 0 Å². The Kier molecular flexibility index (Phi) is 1.50. The van der Waals surface area contributed by atoms with E-state index in [-0.39, 0.29) is 28.8 Å². The van der Waals surface area contributed by atoms with Crippen molar-refractivity contribution in [2.45, 2.75) is 0 Å². The zero-order valence-electron chi connectivity index (χ0n) is 19.7. The monoisotopic (exact) mass is 296 g/mol. The molecular formula is C19H13NS. The van der Waals surface area contributed by atoms with Crippen molar-refractivity contribution < 1.29 is 12.3 Å². The molecule has 1 nitrogen and oxygen atoms in total. The van der Waals surface area contributed by atoms with Gasteiger partial charge in [-0.2, -0.15) is 0 Å². The smallest absolute Gasteiger partial charge is 0.124 e. The average Bonchev–Trinajstić information content (AvgIpc) is 3.15. The molecule has 0 saturated carbocycles. The number of hydrogen-bond acceptors (Lipinski definition) is 2. The van der Waals surface area contributed by atoms with Gasteiger partial charge in [0.15, 0.2) is 0 Å². The first-order chi connectivity index (χ1) is 14.1. The van der Waals surface area contributed by atoms with Crippen LogP contribution < -0.4 is 0 Å². The van der Waals surface area contributed by atoms with E-state index >= 15 is 0 Å². The standard InChI is InChI=1S/C19H13NS/c1-2-6-14(7-3-1)15-10-12-16(13-11-15)19-20-17-8-4-5-9-18(17)21-19/h1-13H/i1D,2D,3D,6D,7D,10D,11D,12D,13D. The molecule has 4 aromatic rings. The number of rotatable bonds is 2. The lowest BCUT2D eigenvalue weighted by molar-refractivity contribution is 1.47. The summed E-state index contributed by atoms with van der Waals surface area (Å²) < 4.78 is 74.2.